The van der Waals surface area contributed by atoms with Gasteiger partial charge in [-0.3, -0.25) is 0 Å². The van der Waals surface area contributed by atoms with Gasteiger partial charge in [-0.1, -0.05) is 0 Å². The van der Waals surface area contributed by atoms with Crippen LogP contribution in [0, 0.1) is 23.3 Å². The molecule has 0 aliphatic carbocycles. The molecular formula is C6Cl2F4Se. The SMILES string of the molecule is Fc1c(F)c(Cl)c(F)c([Se]Cl)c1F. The average molecular weight is 298 g/mol. The van der Waals surface area contributed by atoms with E-state index in [1.165, 1.54) is 0 Å². The molecule has 1 aromatic carbocycles. The zero-order valence-corrected chi connectivity index (χ0v) is 8.90. The predicted octanol–water partition coefficient (Wildman–Crippen LogP) is 2.38. The quantitative estimate of drug-likeness (QED) is 0.323. The summed E-state index contributed by atoms with van der Waals surface area (Å²) in [6.07, 6.45) is 0. The Morgan fingerprint density at radius 3 is 1.85 bits per heavy atom. The van der Waals surface area contributed by atoms with Crippen molar-refractivity contribution in [3.05, 3.63) is 28.3 Å². The second kappa shape index (κ2) is 4.05. The van der Waals surface area contributed by atoms with E-state index >= 15 is 0 Å². The first-order valence-electron chi connectivity index (χ1n) is 2.80. The third-order valence-corrected chi connectivity index (χ3v) is 3.46. The van der Waals surface area contributed by atoms with Gasteiger partial charge in [0.2, 0.25) is 0 Å². The van der Waals surface area contributed by atoms with Gasteiger partial charge in [0.15, 0.2) is 0 Å². The van der Waals surface area contributed by atoms with Gasteiger partial charge in [-0.25, -0.2) is 0 Å². The van der Waals surface area contributed by atoms with E-state index in [1.54, 1.807) is 0 Å². The van der Waals surface area contributed by atoms with Crippen LogP contribution in [0.4, 0.5) is 17.6 Å². The number of rotatable bonds is 1. The molecule has 0 N–H and O–H groups in total. The Balaban J connectivity index is 3.56. The molecule has 0 aliphatic heterocycles. The van der Waals surface area contributed by atoms with Gasteiger partial charge < -0.3 is 0 Å². The summed E-state index contributed by atoms with van der Waals surface area (Å²) >= 11 is 3.89. The van der Waals surface area contributed by atoms with Gasteiger partial charge in [-0.05, 0) is 0 Å². The molecule has 0 bridgehead atoms. The van der Waals surface area contributed by atoms with Gasteiger partial charge in [0, 0.05) is 0 Å². The Kier molecular flexibility index (Phi) is 3.46. The standard InChI is InChI=1S/C6Cl2F4Se/c7-1-2(9)4(11)5(12)6(13-8)3(1)10. The molecule has 0 unspecified atom stereocenters. The van der Waals surface area contributed by atoms with Crippen LogP contribution in [0.3, 0.4) is 0 Å². The first-order valence-corrected chi connectivity index (χ1v) is 6.29. The molecule has 0 amide bonds. The number of hydrogen-bond donors (Lipinski definition) is 0. The van der Waals surface area contributed by atoms with Crippen molar-refractivity contribution in [2.75, 3.05) is 0 Å². The van der Waals surface area contributed by atoms with Gasteiger partial charge in [-0.15, -0.1) is 0 Å². The third-order valence-electron chi connectivity index (χ3n) is 1.25. The topological polar surface area (TPSA) is 0 Å². The van der Waals surface area contributed by atoms with Crippen molar-refractivity contribution < 1.29 is 17.6 Å². The summed E-state index contributed by atoms with van der Waals surface area (Å²) in [5.41, 5.74) is 0. The van der Waals surface area contributed by atoms with E-state index in [-0.39, 0.29) is 0 Å². The second-order valence-electron chi connectivity index (χ2n) is 1.98. The van der Waals surface area contributed by atoms with E-state index in [4.69, 9.17) is 21.7 Å². The molecule has 0 fully saturated rings. The fourth-order valence-electron chi connectivity index (χ4n) is 0.652. The van der Waals surface area contributed by atoms with Crippen molar-refractivity contribution in [2.45, 2.75) is 0 Å². The van der Waals surface area contributed by atoms with Crippen LogP contribution < -0.4 is 4.46 Å². The van der Waals surface area contributed by atoms with Gasteiger partial charge in [0.05, 0.1) is 0 Å². The summed E-state index contributed by atoms with van der Waals surface area (Å²) < 4.78 is 50.0. The Hall–Kier alpha value is 0.0395. The molecule has 7 heteroatoms. The van der Waals surface area contributed by atoms with Gasteiger partial charge >= 0.3 is 86.1 Å². The summed E-state index contributed by atoms with van der Waals surface area (Å²) in [5, 5.41) is -1.07. The first kappa shape index (κ1) is 11.1. The van der Waals surface area contributed by atoms with Crippen molar-refractivity contribution in [3.8, 4) is 0 Å². The molecule has 0 atom stereocenters. The van der Waals surface area contributed by atoms with Gasteiger partial charge in [0.25, 0.3) is 0 Å². The molecule has 0 saturated carbocycles. The normalized spacial score (nSPS) is 10.6. The van der Waals surface area contributed by atoms with Crippen LogP contribution in [0.15, 0.2) is 0 Å². The van der Waals surface area contributed by atoms with E-state index < -0.39 is 46.8 Å². The Morgan fingerprint density at radius 2 is 1.38 bits per heavy atom. The summed E-state index contributed by atoms with van der Waals surface area (Å²) in [7, 11) is 5.17. The zero-order valence-electron chi connectivity index (χ0n) is 5.68. The summed E-state index contributed by atoms with van der Waals surface area (Å²) in [6, 6.07) is 0. The van der Waals surface area contributed by atoms with Crippen molar-refractivity contribution in [1.29, 1.82) is 0 Å². The molecule has 0 saturated heterocycles. The molecule has 13 heavy (non-hydrogen) atoms. The molecule has 0 aromatic heterocycles. The van der Waals surface area contributed by atoms with Gasteiger partial charge in [0.1, 0.15) is 0 Å². The second-order valence-corrected chi connectivity index (χ2v) is 4.34. The van der Waals surface area contributed by atoms with Gasteiger partial charge in [-0.2, -0.15) is 0 Å². The van der Waals surface area contributed by atoms with Crippen LogP contribution in [0.1, 0.15) is 0 Å². The van der Waals surface area contributed by atoms with E-state index in [9.17, 15) is 17.6 Å². The minimum atomic E-state index is -1.80. The molecule has 0 spiro atoms. The first-order chi connectivity index (χ1) is 6.00. The average Bonchev–Trinajstić information content (AvgIpc) is 2.13. The van der Waals surface area contributed by atoms with E-state index in [2.05, 4.69) is 0 Å². The van der Waals surface area contributed by atoms with Crippen LogP contribution in [-0.2, 0) is 0 Å². The Morgan fingerprint density at radius 1 is 0.846 bits per heavy atom. The zero-order chi connectivity index (χ0) is 10.2. The van der Waals surface area contributed by atoms with E-state index in [0.29, 0.717) is 0 Å². The summed E-state index contributed by atoms with van der Waals surface area (Å²) in [5.74, 6) is -6.49. The Labute approximate surface area is 86.2 Å². The van der Waals surface area contributed by atoms with E-state index in [1.807, 2.05) is 0 Å². The maximum atomic E-state index is 12.9. The van der Waals surface area contributed by atoms with Crippen molar-refractivity contribution in [2.24, 2.45) is 0 Å². The number of halogens is 6. The molecule has 0 aliphatic rings. The fraction of sp³-hybridized carbons (Fsp3) is 0. The monoisotopic (exact) mass is 298 g/mol. The molecule has 1 rings (SSSR count). The van der Waals surface area contributed by atoms with Crippen molar-refractivity contribution in [3.63, 3.8) is 0 Å². The predicted molar refractivity (Wildman–Crippen MR) is 42.5 cm³/mol. The van der Waals surface area contributed by atoms with E-state index in [0.717, 1.165) is 0 Å². The Bertz CT molecular complexity index is 326. The van der Waals surface area contributed by atoms with Crippen LogP contribution in [0.2, 0.25) is 5.02 Å². The molecule has 72 valence electrons. The molecule has 0 nitrogen and oxygen atoms in total. The third kappa shape index (κ3) is 1.79. The van der Waals surface area contributed by atoms with Crippen LogP contribution in [-0.4, -0.2) is 14.0 Å². The van der Waals surface area contributed by atoms with Crippen LogP contribution in [0.5, 0.6) is 0 Å². The fourth-order valence-corrected chi connectivity index (χ4v) is 2.35. The molecule has 0 radical (unpaired) electrons. The number of hydrogen-bond acceptors (Lipinski definition) is 0. The minimum absolute atomic E-state index is 0.710. The van der Waals surface area contributed by atoms with Crippen molar-refractivity contribution >= 4 is 40.2 Å². The summed E-state index contributed by atoms with van der Waals surface area (Å²) in [6.45, 7) is 0. The molecule has 1 aromatic rings. The molecular weight excluding hydrogens is 298 g/mol. The van der Waals surface area contributed by atoms with Crippen LogP contribution in [0.25, 0.3) is 0 Å². The maximum absolute atomic E-state index is 12.9. The molecule has 0 heterocycles. The van der Waals surface area contributed by atoms with Crippen LogP contribution >= 0.6 is 21.7 Å². The summed E-state index contributed by atoms with van der Waals surface area (Å²) in [4.78, 5) is 0. The number of benzene rings is 1. The van der Waals surface area contributed by atoms with Crippen molar-refractivity contribution in [1.82, 2.24) is 0 Å².